The van der Waals surface area contributed by atoms with Crippen LogP contribution < -0.4 is 5.32 Å². The van der Waals surface area contributed by atoms with Gasteiger partial charge in [0.15, 0.2) is 5.13 Å². The Balaban J connectivity index is 1.75. The molecule has 0 atom stereocenters. The molecule has 0 saturated carbocycles. The monoisotopic (exact) mass is 269 g/mol. The zero-order valence-electron chi connectivity index (χ0n) is 10.6. The van der Waals surface area contributed by atoms with E-state index in [0.29, 0.717) is 17.6 Å². The summed E-state index contributed by atoms with van der Waals surface area (Å²) in [4.78, 5) is 18.1. The van der Waals surface area contributed by atoms with Gasteiger partial charge in [0.25, 0.3) is 0 Å². The van der Waals surface area contributed by atoms with Gasteiger partial charge in [-0.05, 0) is 38.8 Å². The van der Waals surface area contributed by atoms with Gasteiger partial charge in [-0.3, -0.25) is 9.69 Å². The van der Waals surface area contributed by atoms with E-state index in [1.807, 2.05) is 12.3 Å². The molecular weight excluding hydrogens is 250 g/mol. The second-order valence-corrected chi connectivity index (χ2v) is 5.60. The first-order chi connectivity index (χ1) is 8.67. The number of aromatic nitrogens is 1. The molecule has 18 heavy (non-hydrogen) atoms. The van der Waals surface area contributed by atoms with Crippen molar-refractivity contribution < 1.29 is 9.90 Å². The third-order valence-corrected chi connectivity index (χ3v) is 4.07. The van der Waals surface area contributed by atoms with Crippen LogP contribution in [0.25, 0.3) is 0 Å². The largest absolute Gasteiger partial charge is 0.396 e. The molecule has 6 heteroatoms. The normalized spacial score (nSPS) is 17.9. The molecule has 1 fully saturated rings. The first-order valence-electron chi connectivity index (χ1n) is 6.22. The number of carbonyl (C=O) groups is 1. The minimum absolute atomic E-state index is 0.00759. The molecule has 1 aromatic heterocycles. The number of aliphatic hydroxyl groups excluding tert-OH is 1. The molecule has 100 valence electrons. The number of nitrogens with zero attached hydrogens (tertiary/aromatic N) is 2. The van der Waals surface area contributed by atoms with Crippen molar-refractivity contribution >= 4 is 22.4 Å². The molecule has 0 bridgehead atoms. The molecule has 1 aliphatic rings. The van der Waals surface area contributed by atoms with Crippen LogP contribution in [0.4, 0.5) is 5.13 Å². The summed E-state index contributed by atoms with van der Waals surface area (Å²) < 4.78 is 0. The second-order valence-electron chi connectivity index (χ2n) is 4.74. The van der Waals surface area contributed by atoms with Gasteiger partial charge in [-0.25, -0.2) is 4.98 Å². The van der Waals surface area contributed by atoms with Crippen LogP contribution in [0.5, 0.6) is 0 Å². The van der Waals surface area contributed by atoms with Gasteiger partial charge in [0.1, 0.15) is 0 Å². The van der Waals surface area contributed by atoms with E-state index in [-0.39, 0.29) is 12.5 Å². The third kappa shape index (κ3) is 3.76. The predicted molar refractivity (Wildman–Crippen MR) is 71.7 cm³/mol. The quantitative estimate of drug-likeness (QED) is 0.859. The Bertz CT molecular complexity index is 400. The van der Waals surface area contributed by atoms with E-state index >= 15 is 0 Å². The number of anilines is 1. The van der Waals surface area contributed by atoms with E-state index < -0.39 is 0 Å². The maximum Gasteiger partial charge on any atom is 0.240 e. The molecule has 0 aliphatic carbocycles. The van der Waals surface area contributed by atoms with E-state index in [4.69, 9.17) is 5.11 Å². The summed E-state index contributed by atoms with van der Waals surface area (Å²) in [6.45, 7) is 4.35. The molecule has 0 unspecified atom stereocenters. The molecule has 5 nitrogen and oxygen atoms in total. The van der Waals surface area contributed by atoms with Crippen molar-refractivity contribution in [1.82, 2.24) is 9.88 Å². The maximum atomic E-state index is 11.8. The van der Waals surface area contributed by atoms with Gasteiger partial charge in [-0.15, -0.1) is 11.3 Å². The molecule has 2 rings (SSSR count). The van der Waals surface area contributed by atoms with Crippen LogP contribution in [0.15, 0.2) is 5.38 Å². The standard InChI is InChI=1S/C12H19N3O2S/c1-9-8-18-12(13-9)14-11(17)6-15-4-2-10(7-16)3-5-15/h8,10,16H,2-7H2,1H3,(H,13,14,17). The van der Waals surface area contributed by atoms with E-state index in [1.165, 1.54) is 11.3 Å². The molecule has 1 saturated heterocycles. The van der Waals surface area contributed by atoms with Gasteiger partial charge in [0.2, 0.25) is 5.91 Å². The van der Waals surface area contributed by atoms with Crippen LogP contribution in [0.2, 0.25) is 0 Å². The van der Waals surface area contributed by atoms with Gasteiger partial charge < -0.3 is 10.4 Å². The van der Waals surface area contributed by atoms with E-state index in [9.17, 15) is 4.79 Å². The number of rotatable bonds is 4. The highest BCUT2D eigenvalue weighted by atomic mass is 32.1. The highest BCUT2D eigenvalue weighted by molar-refractivity contribution is 7.13. The molecule has 0 spiro atoms. The SMILES string of the molecule is Cc1csc(NC(=O)CN2CCC(CO)CC2)n1. The van der Waals surface area contributed by atoms with Crippen LogP contribution in [0.1, 0.15) is 18.5 Å². The summed E-state index contributed by atoms with van der Waals surface area (Å²) in [5.74, 6) is 0.401. The summed E-state index contributed by atoms with van der Waals surface area (Å²) in [5.41, 5.74) is 0.930. The van der Waals surface area contributed by atoms with Crippen LogP contribution in [0.3, 0.4) is 0 Å². The Morgan fingerprint density at radius 3 is 2.89 bits per heavy atom. The topological polar surface area (TPSA) is 65.5 Å². The Labute approximate surface area is 111 Å². The van der Waals surface area contributed by atoms with E-state index in [2.05, 4.69) is 15.2 Å². The number of aliphatic hydroxyl groups is 1. The van der Waals surface area contributed by atoms with Gasteiger partial charge >= 0.3 is 0 Å². The fourth-order valence-electron chi connectivity index (χ4n) is 2.10. The van der Waals surface area contributed by atoms with Crippen LogP contribution in [0, 0.1) is 12.8 Å². The van der Waals surface area contributed by atoms with Crippen molar-refractivity contribution in [3.63, 3.8) is 0 Å². The second kappa shape index (κ2) is 6.26. The highest BCUT2D eigenvalue weighted by Gasteiger charge is 2.20. The minimum Gasteiger partial charge on any atom is -0.396 e. The number of piperidine rings is 1. The first-order valence-corrected chi connectivity index (χ1v) is 7.10. The predicted octanol–water partition coefficient (Wildman–Crippen LogP) is 1.09. The number of carbonyl (C=O) groups excluding carboxylic acids is 1. The molecule has 1 aromatic rings. The first kappa shape index (κ1) is 13.5. The molecular formula is C12H19N3O2S. The van der Waals surface area contributed by atoms with Gasteiger partial charge in [-0.1, -0.05) is 0 Å². The zero-order valence-corrected chi connectivity index (χ0v) is 11.4. The highest BCUT2D eigenvalue weighted by Crippen LogP contribution is 2.17. The Hall–Kier alpha value is -0.980. The number of likely N-dealkylation sites (tertiary alicyclic amines) is 1. The lowest BCUT2D eigenvalue weighted by molar-refractivity contribution is -0.117. The van der Waals surface area contributed by atoms with Crippen molar-refractivity contribution in [3.05, 3.63) is 11.1 Å². The smallest absolute Gasteiger partial charge is 0.240 e. The van der Waals surface area contributed by atoms with Crippen molar-refractivity contribution in [3.8, 4) is 0 Å². The van der Waals surface area contributed by atoms with Crippen molar-refractivity contribution in [2.75, 3.05) is 31.6 Å². The summed E-state index contributed by atoms with van der Waals surface area (Å²) in [7, 11) is 0. The Kier molecular flexibility index (Phi) is 4.68. The number of aryl methyl sites for hydroxylation is 1. The minimum atomic E-state index is -0.00759. The fourth-order valence-corrected chi connectivity index (χ4v) is 2.80. The molecule has 1 amide bonds. The summed E-state index contributed by atoms with van der Waals surface area (Å²) in [6, 6.07) is 0. The van der Waals surface area contributed by atoms with Gasteiger partial charge in [0, 0.05) is 12.0 Å². The Morgan fingerprint density at radius 2 is 2.33 bits per heavy atom. The maximum absolute atomic E-state index is 11.8. The number of hydrogen-bond acceptors (Lipinski definition) is 5. The lowest BCUT2D eigenvalue weighted by Gasteiger charge is -2.30. The van der Waals surface area contributed by atoms with Crippen molar-refractivity contribution in [1.29, 1.82) is 0 Å². The van der Waals surface area contributed by atoms with E-state index in [0.717, 1.165) is 31.6 Å². The molecule has 0 radical (unpaired) electrons. The third-order valence-electron chi connectivity index (χ3n) is 3.20. The average molecular weight is 269 g/mol. The lowest BCUT2D eigenvalue weighted by Crippen LogP contribution is -2.39. The fraction of sp³-hybridized carbons (Fsp3) is 0.667. The average Bonchev–Trinajstić information content (AvgIpc) is 2.75. The van der Waals surface area contributed by atoms with Crippen LogP contribution in [-0.2, 0) is 4.79 Å². The van der Waals surface area contributed by atoms with Gasteiger partial charge in [-0.2, -0.15) is 0 Å². The van der Waals surface area contributed by atoms with Crippen molar-refractivity contribution in [2.45, 2.75) is 19.8 Å². The van der Waals surface area contributed by atoms with Crippen molar-refractivity contribution in [2.24, 2.45) is 5.92 Å². The van der Waals surface area contributed by atoms with Crippen LogP contribution in [-0.4, -0.2) is 47.1 Å². The van der Waals surface area contributed by atoms with Crippen LogP contribution >= 0.6 is 11.3 Å². The summed E-state index contributed by atoms with van der Waals surface area (Å²) >= 11 is 1.45. The number of nitrogens with one attached hydrogen (secondary N) is 1. The van der Waals surface area contributed by atoms with E-state index in [1.54, 1.807) is 0 Å². The summed E-state index contributed by atoms with van der Waals surface area (Å²) in [6.07, 6.45) is 1.94. The zero-order chi connectivity index (χ0) is 13.0. The number of thiazole rings is 1. The molecule has 2 heterocycles. The number of amides is 1. The molecule has 2 N–H and O–H groups in total. The Morgan fingerprint density at radius 1 is 1.61 bits per heavy atom. The van der Waals surface area contributed by atoms with Gasteiger partial charge in [0.05, 0.1) is 12.2 Å². The lowest BCUT2D eigenvalue weighted by atomic mass is 9.98. The molecule has 0 aromatic carbocycles. The summed E-state index contributed by atoms with van der Waals surface area (Å²) in [5, 5.41) is 14.5. The molecule has 1 aliphatic heterocycles. The number of hydrogen-bond donors (Lipinski definition) is 2.